The number of hydrogen-bond donors (Lipinski definition) is 1. The molecule has 0 atom stereocenters. The van der Waals surface area contributed by atoms with E-state index in [0.717, 1.165) is 0 Å². The van der Waals surface area contributed by atoms with E-state index in [9.17, 15) is 0 Å². The lowest BCUT2D eigenvalue weighted by molar-refractivity contribution is 0.241. The fraction of sp³-hybridized carbons (Fsp3) is 0.667. The maximum absolute atomic E-state index is 7.69. The summed E-state index contributed by atoms with van der Waals surface area (Å²) in [6, 6.07) is 0. The van der Waals surface area contributed by atoms with Crippen LogP contribution in [0.3, 0.4) is 0 Å². The zero-order valence-electron chi connectivity index (χ0n) is 3.59. The molecule has 0 radical (unpaired) electrons. The summed E-state index contributed by atoms with van der Waals surface area (Å²) in [7, 11) is 1.53. The second kappa shape index (κ2) is 4.43. The van der Waals surface area contributed by atoms with Crippen molar-refractivity contribution in [2.75, 3.05) is 13.7 Å². The number of oxime groups is 1. The van der Waals surface area contributed by atoms with Crippen molar-refractivity contribution in [1.29, 1.82) is 0 Å². The van der Waals surface area contributed by atoms with Crippen LogP contribution in [-0.2, 0) is 4.74 Å². The number of nitrogens with zero attached hydrogens (tertiary/aromatic N) is 1. The van der Waals surface area contributed by atoms with Gasteiger partial charge in [-0.15, -0.1) is 0 Å². The summed E-state index contributed by atoms with van der Waals surface area (Å²) in [4.78, 5) is 0. The van der Waals surface area contributed by atoms with E-state index in [4.69, 9.17) is 5.21 Å². The molecule has 0 aromatic heterocycles. The van der Waals surface area contributed by atoms with Crippen molar-refractivity contribution >= 4 is 6.21 Å². The second-order valence-electron chi connectivity index (χ2n) is 0.753. The topological polar surface area (TPSA) is 41.8 Å². The third kappa shape index (κ3) is 3.43. The maximum atomic E-state index is 7.69. The van der Waals surface area contributed by atoms with Gasteiger partial charge in [-0.3, -0.25) is 0 Å². The minimum Gasteiger partial charge on any atom is -0.411 e. The minimum absolute atomic E-state index is 0.372. The smallest absolute Gasteiger partial charge is 0.0848 e. The summed E-state index contributed by atoms with van der Waals surface area (Å²) in [6.07, 6.45) is 1.26. The molecule has 0 spiro atoms. The summed E-state index contributed by atoms with van der Waals surface area (Å²) in [5.74, 6) is 0. The van der Waals surface area contributed by atoms with Crippen LogP contribution in [0.5, 0.6) is 0 Å². The molecule has 0 aliphatic rings. The van der Waals surface area contributed by atoms with Crippen molar-refractivity contribution in [2.24, 2.45) is 5.16 Å². The molecule has 0 saturated heterocycles. The van der Waals surface area contributed by atoms with Crippen molar-refractivity contribution in [1.82, 2.24) is 0 Å². The van der Waals surface area contributed by atoms with Gasteiger partial charge < -0.3 is 9.94 Å². The van der Waals surface area contributed by atoms with Gasteiger partial charge in [-0.05, 0) is 0 Å². The number of ether oxygens (including phenoxy) is 1. The number of methoxy groups -OCH3 is 1. The van der Waals surface area contributed by atoms with E-state index >= 15 is 0 Å². The Labute approximate surface area is 36.2 Å². The molecule has 1 N–H and O–H groups in total. The van der Waals surface area contributed by atoms with Crippen LogP contribution in [0, 0.1) is 0 Å². The Bertz CT molecular complexity index is 44.1. The quantitative estimate of drug-likeness (QED) is 0.296. The molecule has 0 aromatic carbocycles. The third-order valence-corrected chi connectivity index (χ3v) is 0.323. The van der Waals surface area contributed by atoms with E-state index in [2.05, 4.69) is 9.89 Å². The molecule has 0 aromatic rings. The summed E-state index contributed by atoms with van der Waals surface area (Å²) in [6.45, 7) is 0.372. The van der Waals surface area contributed by atoms with Gasteiger partial charge in [0.25, 0.3) is 0 Å². The van der Waals surface area contributed by atoms with Gasteiger partial charge in [0.1, 0.15) is 0 Å². The van der Waals surface area contributed by atoms with Crippen molar-refractivity contribution in [2.45, 2.75) is 0 Å². The van der Waals surface area contributed by atoms with Gasteiger partial charge in [0, 0.05) is 7.11 Å². The maximum Gasteiger partial charge on any atom is 0.0848 e. The molecule has 0 saturated carbocycles. The first-order chi connectivity index (χ1) is 2.91. The molecule has 0 heterocycles. The third-order valence-electron chi connectivity index (χ3n) is 0.323. The zero-order valence-corrected chi connectivity index (χ0v) is 3.59. The number of hydrogen-bond acceptors (Lipinski definition) is 3. The zero-order chi connectivity index (χ0) is 4.83. The van der Waals surface area contributed by atoms with Crippen LogP contribution in [0.15, 0.2) is 5.16 Å². The highest BCUT2D eigenvalue weighted by atomic mass is 16.5. The molecule has 36 valence electrons. The standard InChI is InChI=1S/C3H7NO2/c1-6-3-2-4-5/h2,5H,3H2,1H3/b4-2+. The Morgan fingerprint density at radius 3 is 2.83 bits per heavy atom. The Kier molecular flexibility index (Phi) is 4.01. The van der Waals surface area contributed by atoms with Crippen molar-refractivity contribution in [3.8, 4) is 0 Å². The fourth-order valence-corrected chi connectivity index (χ4v) is 0.108. The minimum atomic E-state index is 0.372. The highest BCUT2D eigenvalue weighted by molar-refractivity contribution is 5.57. The van der Waals surface area contributed by atoms with Gasteiger partial charge in [0.05, 0.1) is 12.8 Å². The van der Waals surface area contributed by atoms with Crippen LogP contribution >= 0.6 is 0 Å². The normalized spacial score (nSPS) is 10.2. The Balaban J connectivity index is 2.66. The van der Waals surface area contributed by atoms with E-state index in [0.29, 0.717) is 6.61 Å². The summed E-state index contributed by atoms with van der Waals surface area (Å²) >= 11 is 0. The first-order valence-electron chi connectivity index (χ1n) is 1.56. The first kappa shape index (κ1) is 5.43. The first-order valence-corrected chi connectivity index (χ1v) is 1.56. The van der Waals surface area contributed by atoms with Crippen LogP contribution in [0.2, 0.25) is 0 Å². The highest BCUT2D eigenvalue weighted by Crippen LogP contribution is 1.56. The monoisotopic (exact) mass is 89.0 g/mol. The molecular weight excluding hydrogens is 82.0 g/mol. The average molecular weight is 89.1 g/mol. The molecule has 0 bridgehead atoms. The van der Waals surface area contributed by atoms with Gasteiger partial charge in [0.15, 0.2) is 0 Å². The van der Waals surface area contributed by atoms with Gasteiger partial charge in [0.2, 0.25) is 0 Å². The van der Waals surface area contributed by atoms with E-state index in [1.165, 1.54) is 13.3 Å². The molecule has 0 aliphatic carbocycles. The van der Waals surface area contributed by atoms with Crippen LogP contribution < -0.4 is 0 Å². The molecule has 3 nitrogen and oxygen atoms in total. The summed E-state index contributed by atoms with van der Waals surface area (Å²) in [5.41, 5.74) is 0. The van der Waals surface area contributed by atoms with Gasteiger partial charge in [-0.25, -0.2) is 0 Å². The number of rotatable bonds is 2. The van der Waals surface area contributed by atoms with Gasteiger partial charge >= 0.3 is 0 Å². The van der Waals surface area contributed by atoms with Crippen molar-refractivity contribution < 1.29 is 9.94 Å². The lowest BCUT2D eigenvalue weighted by Crippen LogP contribution is -1.86. The highest BCUT2D eigenvalue weighted by Gasteiger charge is 1.65. The summed E-state index contributed by atoms with van der Waals surface area (Å²) in [5, 5.41) is 10.4. The fourth-order valence-electron chi connectivity index (χ4n) is 0.108. The Morgan fingerprint density at radius 2 is 2.67 bits per heavy atom. The molecule has 3 heteroatoms. The second-order valence-corrected chi connectivity index (χ2v) is 0.753. The van der Waals surface area contributed by atoms with E-state index in [1.807, 2.05) is 0 Å². The molecule has 0 unspecified atom stereocenters. The predicted octanol–water partition coefficient (Wildman–Crippen LogP) is 0.0928. The Morgan fingerprint density at radius 1 is 2.00 bits per heavy atom. The van der Waals surface area contributed by atoms with E-state index in [1.54, 1.807) is 0 Å². The molecular formula is C3H7NO2. The molecule has 0 amide bonds. The predicted molar refractivity (Wildman–Crippen MR) is 22.2 cm³/mol. The van der Waals surface area contributed by atoms with Crippen molar-refractivity contribution in [3.63, 3.8) is 0 Å². The Hall–Kier alpha value is -0.570. The van der Waals surface area contributed by atoms with Crippen molar-refractivity contribution in [3.05, 3.63) is 0 Å². The summed E-state index contributed by atoms with van der Waals surface area (Å²) < 4.78 is 4.47. The molecule has 6 heavy (non-hydrogen) atoms. The van der Waals surface area contributed by atoms with Gasteiger partial charge in [-0.2, -0.15) is 0 Å². The van der Waals surface area contributed by atoms with Gasteiger partial charge in [-0.1, -0.05) is 5.16 Å². The lowest BCUT2D eigenvalue weighted by atomic mass is 10.8. The molecule has 0 aliphatic heterocycles. The average Bonchev–Trinajstić information content (AvgIpc) is 1.61. The lowest BCUT2D eigenvalue weighted by Gasteiger charge is -1.80. The van der Waals surface area contributed by atoms with Crippen LogP contribution in [0.4, 0.5) is 0 Å². The van der Waals surface area contributed by atoms with Crippen LogP contribution in [-0.4, -0.2) is 25.1 Å². The van der Waals surface area contributed by atoms with E-state index < -0.39 is 0 Å². The van der Waals surface area contributed by atoms with Crippen LogP contribution in [0.1, 0.15) is 0 Å². The largest absolute Gasteiger partial charge is 0.411 e. The van der Waals surface area contributed by atoms with Crippen LogP contribution in [0.25, 0.3) is 0 Å². The van der Waals surface area contributed by atoms with E-state index in [-0.39, 0.29) is 0 Å². The molecule has 0 rings (SSSR count). The molecule has 0 fully saturated rings. The SMILES string of the molecule is COC/C=N/O.